The molecule has 0 aromatic heterocycles. The summed E-state index contributed by atoms with van der Waals surface area (Å²) in [7, 11) is 0. The summed E-state index contributed by atoms with van der Waals surface area (Å²) in [5, 5.41) is 8.82. The minimum Gasteiger partial charge on any atom is -0.342 e. The number of hydrogen-bond donors (Lipinski definition) is 0. The van der Waals surface area contributed by atoms with E-state index in [1.807, 2.05) is 29.2 Å². The molecule has 0 atom stereocenters. The van der Waals surface area contributed by atoms with Gasteiger partial charge in [-0.25, -0.2) is 0 Å². The molecular weight excluding hydrogens is 340 g/mol. The summed E-state index contributed by atoms with van der Waals surface area (Å²) in [6.45, 7) is 1.77. The number of nitrogens with zero attached hydrogens (tertiary/aromatic N) is 2. The third-order valence-corrected chi connectivity index (χ3v) is 5.90. The fraction of sp³-hybridized carbons (Fsp3) is 0.364. The molecule has 26 heavy (non-hydrogen) atoms. The van der Waals surface area contributed by atoms with Crippen molar-refractivity contribution in [3.8, 4) is 6.07 Å². The summed E-state index contributed by atoms with van der Waals surface area (Å²) in [6, 6.07) is 20.3. The molecule has 2 aromatic rings. The molecule has 0 aliphatic carbocycles. The third-order valence-electron chi connectivity index (χ3n) is 4.91. The van der Waals surface area contributed by atoms with Crippen LogP contribution in [-0.4, -0.2) is 29.6 Å². The molecule has 3 rings (SSSR count). The maximum Gasteiger partial charge on any atom is 0.232 e. The van der Waals surface area contributed by atoms with E-state index in [4.69, 9.17) is 5.26 Å². The Kier molecular flexibility index (Phi) is 6.74. The average Bonchev–Trinajstić information content (AvgIpc) is 2.70. The van der Waals surface area contributed by atoms with Crippen LogP contribution in [0.3, 0.4) is 0 Å². The first-order valence-electron chi connectivity index (χ1n) is 9.13. The first kappa shape index (κ1) is 18.5. The fourth-order valence-corrected chi connectivity index (χ4v) is 4.24. The Bertz CT molecular complexity index is 744. The molecule has 0 bridgehead atoms. The standard InChI is InChI=1S/C22H24N2OS/c23-15-20-6-8-21(9-7-20)16-26-17-22(25)24-12-10-19(11-13-24)14-18-4-2-1-3-5-18/h1-9,19H,10-14,16-17H2. The van der Waals surface area contributed by atoms with E-state index in [0.29, 0.717) is 17.2 Å². The predicted molar refractivity (Wildman–Crippen MR) is 107 cm³/mol. The zero-order chi connectivity index (χ0) is 18.2. The number of hydrogen-bond acceptors (Lipinski definition) is 3. The van der Waals surface area contributed by atoms with Gasteiger partial charge < -0.3 is 4.90 Å². The maximum absolute atomic E-state index is 12.4. The molecular formula is C22H24N2OS. The number of nitriles is 1. The van der Waals surface area contributed by atoms with Gasteiger partial charge >= 0.3 is 0 Å². The van der Waals surface area contributed by atoms with Crippen molar-refractivity contribution in [2.24, 2.45) is 5.92 Å². The van der Waals surface area contributed by atoms with Crippen molar-refractivity contribution < 1.29 is 4.79 Å². The summed E-state index contributed by atoms with van der Waals surface area (Å²) >= 11 is 1.65. The van der Waals surface area contributed by atoms with E-state index in [0.717, 1.165) is 43.7 Å². The van der Waals surface area contributed by atoms with E-state index in [-0.39, 0.29) is 5.91 Å². The SMILES string of the molecule is N#Cc1ccc(CSCC(=O)N2CCC(Cc3ccccc3)CC2)cc1. The van der Waals surface area contributed by atoms with Crippen LogP contribution in [0.2, 0.25) is 0 Å². The molecule has 1 fully saturated rings. The van der Waals surface area contributed by atoms with Crippen molar-refractivity contribution in [1.82, 2.24) is 4.90 Å². The van der Waals surface area contributed by atoms with Gasteiger partial charge in [0.25, 0.3) is 0 Å². The molecule has 4 heteroatoms. The molecule has 1 heterocycles. The van der Waals surface area contributed by atoms with Crippen LogP contribution < -0.4 is 0 Å². The first-order chi connectivity index (χ1) is 12.7. The minimum absolute atomic E-state index is 0.252. The topological polar surface area (TPSA) is 44.1 Å². The molecule has 0 radical (unpaired) electrons. The largest absolute Gasteiger partial charge is 0.342 e. The van der Waals surface area contributed by atoms with Crippen LogP contribution in [0.1, 0.15) is 29.5 Å². The Hall–Kier alpha value is -2.25. The number of amides is 1. The average molecular weight is 365 g/mol. The minimum atomic E-state index is 0.252. The molecule has 0 N–H and O–H groups in total. The van der Waals surface area contributed by atoms with Gasteiger partial charge in [0.05, 0.1) is 17.4 Å². The maximum atomic E-state index is 12.4. The normalized spacial score (nSPS) is 14.8. The Morgan fingerprint density at radius 2 is 1.73 bits per heavy atom. The second kappa shape index (κ2) is 9.45. The summed E-state index contributed by atoms with van der Waals surface area (Å²) < 4.78 is 0. The van der Waals surface area contributed by atoms with E-state index in [1.54, 1.807) is 11.8 Å². The Morgan fingerprint density at radius 1 is 1.04 bits per heavy atom. The summed E-state index contributed by atoms with van der Waals surface area (Å²) in [6.07, 6.45) is 3.32. The van der Waals surface area contributed by atoms with Gasteiger partial charge in [0.1, 0.15) is 0 Å². The Labute approximate surface area is 160 Å². The second-order valence-electron chi connectivity index (χ2n) is 6.82. The number of carbonyl (C=O) groups is 1. The molecule has 0 unspecified atom stereocenters. The lowest BCUT2D eigenvalue weighted by Crippen LogP contribution is -2.39. The van der Waals surface area contributed by atoms with Crippen LogP contribution in [-0.2, 0) is 17.0 Å². The highest BCUT2D eigenvalue weighted by Crippen LogP contribution is 2.22. The summed E-state index contributed by atoms with van der Waals surface area (Å²) in [4.78, 5) is 14.4. The lowest BCUT2D eigenvalue weighted by atomic mass is 9.90. The summed E-state index contributed by atoms with van der Waals surface area (Å²) in [5.41, 5.74) is 3.23. The molecule has 134 valence electrons. The second-order valence-corrected chi connectivity index (χ2v) is 7.80. The molecule has 0 saturated carbocycles. The van der Waals surface area contributed by atoms with Crippen LogP contribution in [0.15, 0.2) is 54.6 Å². The van der Waals surface area contributed by atoms with Gasteiger partial charge in [0.15, 0.2) is 0 Å². The number of rotatable bonds is 6. The van der Waals surface area contributed by atoms with Gasteiger partial charge in [0, 0.05) is 18.8 Å². The van der Waals surface area contributed by atoms with Gasteiger partial charge in [0.2, 0.25) is 5.91 Å². The van der Waals surface area contributed by atoms with Crippen molar-refractivity contribution >= 4 is 17.7 Å². The zero-order valence-electron chi connectivity index (χ0n) is 14.9. The van der Waals surface area contributed by atoms with E-state index in [2.05, 4.69) is 36.4 Å². The first-order valence-corrected chi connectivity index (χ1v) is 10.3. The highest BCUT2D eigenvalue weighted by molar-refractivity contribution is 7.99. The number of carbonyl (C=O) groups excluding carboxylic acids is 1. The molecule has 1 amide bonds. The highest BCUT2D eigenvalue weighted by atomic mass is 32.2. The third kappa shape index (κ3) is 5.37. The van der Waals surface area contributed by atoms with E-state index < -0.39 is 0 Å². The monoisotopic (exact) mass is 364 g/mol. The van der Waals surface area contributed by atoms with Crippen LogP contribution in [0.5, 0.6) is 0 Å². The summed E-state index contributed by atoms with van der Waals surface area (Å²) in [5.74, 6) is 2.28. The van der Waals surface area contributed by atoms with Crippen LogP contribution in [0.25, 0.3) is 0 Å². The van der Waals surface area contributed by atoms with Crippen LogP contribution in [0, 0.1) is 17.2 Å². The lowest BCUT2D eigenvalue weighted by Gasteiger charge is -2.32. The van der Waals surface area contributed by atoms with Crippen molar-refractivity contribution in [3.05, 3.63) is 71.3 Å². The van der Waals surface area contributed by atoms with Gasteiger partial charge in [-0.05, 0) is 48.4 Å². The van der Waals surface area contributed by atoms with Crippen molar-refractivity contribution in [3.63, 3.8) is 0 Å². The van der Waals surface area contributed by atoms with Crippen molar-refractivity contribution in [2.45, 2.75) is 25.0 Å². The Balaban J connectivity index is 1.37. The van der Waals surface area contributed by atoms with Gasteiger partial charge in [-0.3, -0.25) is 4.79 Å². The number of likely N-dealkylation sites (tertiary alicyclic amines) is 1. The fourth-order valence-electron chi connectivity index (χ4n) is 3.36. The zero-order valence-corrected chi connectivity index (χ0v) is 15.8. The van der Waals surface area contributed by atoms with Crippen LogP contribution in [0.4, 0.5) is 0 Å². The smallest absolute Gasteiger partial charge is 0.232 e. The Morgan fingerprint density at radius 3 is 2.38 bits per heavy atom. The molecule has 2 aromatic carbocycles. The number of piperidine rings is 1. The molecule has 1 aliphatic heterocycles. The number of thioether (sulfide) groups is 1. The van der Waals surface area contributed by atoms with E-state index >= 15 is 0 Å². The number of benzene rings is 2. The molecule has 1 aliphatic rings. The van der Waals surface area contributed by atoms with Gasteiger partial charge in [-0.15, -0.1) is 11.8 Å². The predicted octanol–water partition coefficient (Wildman–Crippen LogP) is 4.27. The van der Waals surface area contributed by atoms with E-state index in [1.165, 1.54) is 5.56 Å². The van der Waals surface area contributed by atoms with E-state index in [9.17, 15) is 4.79 Å². The van der Waals surface area contributed by atoms with Gasteiger partial charge in [-0.1, -0.05) is 42.5 Å². The van der Waals surface area contributed by atoms with Crippen LogP contribution >= 0.6 is 11.8 Å². The molecule has 0 spiro atoms. The lowest BCUT2D eigenvalue weighted by molar-refractivity contribution is -0.129. The van der Waals surface area contributed by atoms with Crippen molar-refractivity contribution in [2.75, 3.05) is 18.8 Å². The highest BCUT2D eigenvalue weighted by Gasteiger charge is 2.22. The molecule has 1 saturated heterocycles. The quantitative estimate of drug-likeness (QED) is 0.769. The molecule has 3 nitrogen and oxygen atoms in total. The van der Waals surface area contributed by atoms with Gasteiger partial charge in [-0.2, -0.15) is 5.26 Å². The van der Waals surface area contributed by atoms with Crippen molar-refractivity contribution in [1.29, 1.82) is 5.26 Å².